The van der Waals surface area contributed by atoms with Gasteiger partial charge in [0.05, 0.1) is 10.6 Å². The zero-order chi connectivity index (χ0) is 21.7. The van der Waals surface area contributed by atoms with E-state index in [-0.39, 0.29) is 5.91 Å². The van der Waals surface area contributed by atoms with Gasteiger partial charge in [-0.2, -0.15) is 5.10 Å². The maximum atomic E-state index is 13.2. The summed E-state index contributed by atoms with van der Waals surface area (Å²) in [5.41, 5.74) is 5.39. The van der Waals surface area contributed by atoms with Crippen LogP contribution in [0.15, 0.2) is 24.7 Å². The first kappa shape index (κ1) is 20.2. The van der Waals surface area contributed by atoms with Crippen LogP contribution in [0.3, 0.4) is 0 Å². The van der Waals surface area contributed by atoms with Gasteiger partial charge in [-0.15, -0.1) is 11.3 Å². The predicted octanol–water partition coefficient (Wildman–Crippen LogP) is 4.19. The predicted molar refractivity (Wildman–Crippen MR) is 125 cm³/mol. The normalized spacial score (nSPS) is 15.4. The van der Waals surface area contributed by atoms with Crippen LogP contribution in [0.1, 0.15) is 53.4 Å². The second-order valence-electron chi connectivity index (χ2n) is 8.76. The van der Waals surface area contributed by atoms with E-state index in [1.54, 1.807) is 17.7 Å². The van der Waals surface area contributed by atoms with Gasteiger partial charge in [0.1, 0.15) is 11.2 Å². The van der Waals surface area contributed by atoms with E-state index in [2.05, 4.69) is 53.3 Å². The number of hydrogen-bond donors (Lipinski definition) is 2. The van der Waals surface area contributed by atoms with Crippen molar-refractivity contribution in [2.45, 2.75) is 45.6 Å². The van der Waals surface area contributed by atoms with Crippen molar-refractivity contribution in [2.24, 2.45) is 0 Å². The number of hydrogen-bond acceptors (Lipinski definition) is 5. The number of aryl methyl sites for hydroxylation is 1. The van der Waals surface area contributed by atoms with E-state index in [1.807, 2.05) is 22.7 Å². The Morgan fingerprint density at radius 2 is 2.06 bits per heavy atom. The van der Waals surface area contributed by atoms with E-state index in [1.165, 1.54) is 5.56 Å². The van der Waals surface area contributed by atoms with Gasteiger partial charge < -0.3 is 15.2 Å². The Morgan fingerprint density at radius 1 is 1.29 bits per heavy atom. The molecule has 7 nitrogen and oxygen atoms in total. The molecule has 4 aromatic rings. The number of fused-ring (bicyclic) bond motifs is 2. The lowest BCUT2D eigenvalue weighted by Crippen LogP contribution is -2.43. The van der Waals surface area contributed by atoms with Crippen LogP contribution in [0.4, 0.5) is 0 Å². The van der Waals surface area contributed by atoms with E-state index >= 15 is 0 Å². The smallest absolute Gasteiger partial charge is 0.264 e. The molecule has 0 aromatic carbocycles. The van der Waals surface area contributed by atoms with Gasteiger partial charge in [-0.1, -0.05) is 13.8 Å². The van der Waals surface area contributed by atoms with E-state index in [9.17, 15) is 4.79 Å². The molecule has 1 aliphatic rings. The number of thiophene rings is 1. The first-order valence-corrected chi connectivity index (χ1v) is 11.7. The van der Waals surface area contributed by atoms with Crippen molar-refractivity contribution in [1.29, 1.82) is 0 Å². The van der Waals surface area contributed by atoms with Gasteiger partial charge in [0.25, 0.3) is 5.91 Å². The number of piperidine rings is 1. The molecule has 1 aliphatic heterocycles. The second-order valence-corrected chi connectivity index (χ2v) is 9.81. The van der Waals surface area contributed by atoms with Crippen LogP contribution < -0.4 is 5.32 Å². The van der Waals surface area contributed by atoms with Gasteiger partial charge >= 0.3 is 0 Å². The summed E-state index contributed by atoms with van der Waals surface area (Å²) in [7, 11) is 1.94. The van der Waals surface area contributed by atoms with Gasteiger partial charge in [0, 0.05) is 30.2 Å². The zero-order valence-electron chi connectivity index (χ0n) is 18.4. The third-order valence-corrected chi connectivity index (χ3v) is 7.38. The Balaban J connectivity index is 1.55. The highest BCUT2D eigenvalue weighted by atomic mass is 32.1. The second kappa shape index (κ2) is 7.76. The summed E-state index contributed by atoms with van der Waals surface area (Å²) in [4.78, 5) is 24.9. The average molecular weight is 437 g/mol. The number of nitrogens with one attached hydrogen (secondary N) is 2. The standard InChI is InChI=1S/C23H28N6OS/c1-13(2)19-17-10-18(23(30)28(4)16-5-7-24-8-6-16)31-22(17)27-20(19)15-9-14(3)21-25-12-26-29(21)11-15/h9-13,16,24,27H,5-8H2,1-4H3. The molecule has 0 bridgehead atoms. The third-order valence-electron chi connectivity index (χ3n) is 6.34. The highest BCUT2D eigenvalue weighted by molar-refractivity contribution is 7.20. The molecule has 0 spiro atoms. The highest BCUT2D eigenvalue weighted by Crippen LogP contribution is 2.40. The van der Waals surface area contributed by atoms with Crippen LogP contribution in [0.25, 0.3) is 27.1 Å². The molecule has 1 amide bonds. The minimum absolute atomic E-state index is 0.123. The van der Waals surface area contributed by atoms with Gasteiger partial charge in [0.15, 0.2) is 5.65 Å². The fourth-order valence-electron chi connectivity index (χ4n) is 4.70. The molecule has 31 heavy (non-hydrogen) atoms. The van der Waals surface area contributed by atoms with Gasteiger partial charge in [-0.25, -0.2) is 9.50 Å². The Kier molecular flexibility index (Phi) is 5.06. The van der Waals surface area contributed by atoms with Crippen molar-refractivity contribution in [3.8, 4) is 11.3 Å². The summed E-state index contributed by atoms with van der Waals surface area (Å²) in [6.45, 7) is 8.41. The third kappa shape index (κ3) is 3.43. The summed E-state index contributed by atoms with van der Waals surface area (Å²) in [6.07, 6.45) is 5.63. The minimum Gasteiger partial charge on any atom is -0.346 e. The van der Waals surface area contributed by atoms with E-state index in [4.69, 9.17) is 0 Å². The van der Waals surface area contributed by atoms with Gasteiger partial charge in [0.2, 0.25) is 0 Å². The summed E-state index contributed by atoms with van der Waals surface area (Å²) in [5.74, 6) is 0.438. The van der Waals surface area contributed by atoms with Crippen molar-refractivity contribution in [3.63, 3.8) is 0 Å². The SMILES string of the molecule is Cc1cc(-c2[nH]c3sc(C(=O)N(C)C4CCNCC4)cc3c2C(C)C)cn2ncnc12. The number of rotatable bonds is 4. The molecule has 1 fully saturated rings. The number of aromatic amines is 1. The van der Waals surface area contributed by atoms with Gasteiger partial charge in [-0.3, -0.25) is 4.79 Å². The minimum atomic E-state index is 0.123. The molecule has 5 heterocycles. The molecule has 162 valence electrons. The molecule has 8 heteroatoms. The molecule has 0 saturated carbocycles. The molecule has 4 aromatic heterocycles. The number of nitrogens with zero attached hydrogens (tertiary/aromatic N) is 4. The molecular formula is C23H28N6OS. The molecule has 0 atom stereocenters. The van der Waals surface area contributed by atoms with Crippen LogP contribution in [0.2, 0.25) is 0 Å². The van der Waals surface area contributed by atoms with E-state index in [0.717, 1.165) is 63.5 Å². The van der Waals surface area contributed by atoms with Crippen molar-refractivity contribution >= 4 is 33.1 Å². The molecule has 0 aliphatic carbocycles. The number of carbonyl (C=O) groups is 1. The Morgan fingerprint density at radius 3 is 2.81 bits per heavy atom. The topological polar surface area (TPSA) is 78.3 Å². The lowest BCUT2D eigenvalue weighted by Gasteiger charge is -2.31. The molecule has 1 saturated heterocycles. The Hall–Kier alpha value is -2.71. The summed E-state index contributed by atoms with van der Waals surface area (Å²) in [5, 5.41) is 8.84. The molecule has 0 radical (unpaired) electrons. The first-order valence-electron chi connectivity index (χ1n) is 10.9. The first-order chi connectivity index (χ1) is 14.9. The van der Waals surface area contributed by atoms with Crippen molar-refractivity contribution in [1.82, 2.24) is 29.8 Å². The van der Waals surface area contributed by atoms with Crippen LogP contribution in [0.5, 0.6) is 0 Å². The number of carbonyl (C=O) groups excluding carboxylic acids is 1. The Labute approximate surface area is 185 Å². The molecular weight excluding hydrogens is 408 g/mol. The highest BCUT2D eigenvalue weighted by Gasteiger charge is 2.26. The Bertz CT molecular complexity index is 1260. The fourth-order valence-corrected chi connectivity index (χ4v) is 5.76. The number of amides is 1. The summed E-state index contributed by atoms with van der Waals surface area (Å²) in [6, 6.07) is 4.55. The number of aromatic nitrogens is 4. The molecule has 5 rings (SSSR count). The fraction of sp³-hybridized carbons (Fsp3) is 0.435. The quantitative estimate of drug-likeness (QED) is 0.503. The lowest BCUT2D eigenvalue weighted by molar-refractivity contribution is 0.0708. The maximum Gasteiger partial charge on any atom is 0.264 e. The van der Waals surface area contributed by atoms with Crippen molar-refractivity contribution in [3.05, 3.63) is 40.7 Å². The summed E-state index contributed by atoms with van der Waals surface area (Å²) >= 11 is 1.56. The zero-order valence-corrected chi connectivity index (χ0v) is 19.2. The summed E-state index contributed by atoms with van der Waals surface area (Å²) < 4.78 is 1.83. The van der Waals surface area contributed by atoms with Crippen molar-refractivity contribution < 1.29 is 4.79 Å². The lowest BCUT2D eigenvalue weighted by atomic mass is 9.97. The molecule has 0 unspecified atom stereocenters. The number of pyridine rings is 1. The maximum absolute atomic E-state index is 13.2. The van der Waals surface area contributed by atoms with Crippen LogP contribution in [-0.4, -0.2) is 56.6 Å². The van der Waals surface area contributed by atoms with Crippen LogP contribution >= 0.6 is 11.3 Å². The largest absolute Gasteiger partial charge is 0.346 e. The van der Waals surface area contributed by atoms with Crippen LogP contribution in [-0.2, 0) is 0 Å². The van der Waals surface area contributed by atoms with Crippen molar-refractivity contribution in [2.75, 3.05) is 20.1 Å². The monoisotopic (exact) mass is 436 g/mol. The number of H-pyrrole nitrogens is 1. The van der Waals surface area contributed by atoms with Gasteiger partial charge in [-0.05, 0) is 62.0 Å². The molecule has 2 N–H and O–H groups in total. The van der Waals surface area contributed by atoms with E-state index < -0.39 is 0 Å². The van der Waals surface area contributed by atoms with Crippen LogP contribution in [0, 0.1) is 6.92 Å². The average Bonchev–Trinajstić information content (AvgIpc) is 3.47. The van der Waals surface area contributed by atoms with E-state index in [0.29, 0.717) is 12.0 Å².